The minimum absolute atomic E-state index is 0.589. The molecule has 0 aliphatic rings. The van der Waals surface area contributed by atoms with Gasteiger partial charge in [-0.25, -0.2) is 4.98 Å². The van der Waals surface area contributed by atoms with E-state index in [2.05, 4.69) is 29.4 Å². The van der Waals surface area contributed by atoms with Crippen LogP contribution in [0.15, 0.2) is 17.2 Å². The molecular weight excluding hydrogens is 272 g/mol. The molecule has 0 aliphatic heterocycles. The van der Waals surface area contributed by atoms with E-state index in [4.69, 9.17) is 0 Å². The van der Waals surface area contributed by atoms with E-state index < -0.39 is 11.5 Å². The Labute approximate surface area is 125 Å². The number of carboxylic acids is 1. The standard InChI is InChI=1S/C15H24N2O2S/c1-5-15(16-4,14(18)19)7-6-8-20-13-10-11(2)9-12(3)17-13/h9-10,16H,5-8H2,1-4H3,(H,18,19). The Hall–Kier alpha value is -1.07. The molecule has 1 atom stereocenters. The van der Waals surface area contributed by atoms with Gasteiger partial charge in [-0.1, -0.05) is 6.92 Å². The molecule has 2 N–H and O–H groups in total. The van der Waals surface area contributed by atoms with Crippen molar-refractivity contribution in [1.82, 2.24) is 10.3 Å². The van der Waals surface area contributed by atoms with Crippen LogP contribution in [0.5, 0.6) is 0 Å². The van der Waals surface area contributed by atoms with Crippen molar-refractivity contribution in [3.05, 3.63) is 23.4 Å². The molecule has 0 saturated heterocycles. The number of hydrogen-bond acceptors (Lipinski definition) is 4. The predicted molar refractivity (Wildman–Crippen MR) is 83.4 cm³/mol. The molecule has 20 heavy (non-hydrogen) atoms. The summed E-state index contributed by atoms with van der Waals surface area (Å²) in [6, 6.07) is 4.12. The first-order valence-corrected chi connectivity index (χ1v) is 7.92. The maximum atomic E-state index is 11.4. The summed E-state index contributed by atoms with van der Waals surface area (Å²) in [4.78, 5) is 15.8. The van der Waals surface area contributed by atoms with Gasteiger partial charge in [0.05, 0.1) is 5.03 Å². The number of aromatic nitrogens is 1. The zero-order valence-electron chi connectivity index (χ0n) is 12.7. The molecule has 1 unspecified atom stereocenters. The van der Waals surface area contributed by atoms with Crippen LogP contribution in [0.1, 0.15) is 37.4 Å². The van der Waals surface area contributed by atoms with Gasteiger partial charge in [0.1, 0.15) is 5.54 Å². The summed E-state index contributed by atoms with van der Waals surface area (Å²) >= 11 is 1.69. The van der Waals surface area contributed by atoms with Gasteiger partial charge in [-0.2, -0.15) is 0 Å². The highest BCUT2D eigenvalue weighted by Crippen LogP contribution is 2.23. The summed E-state index contributed by atoms with van der Waals surface area (Å²) in [5, 5.41) is 13.3. The van der Waals surface area contributed by atoms with Crippen LogP contribution in [0.3, 0.4) is 0 Å². The van der Waals surface area contributed by atoms with E-state index in [1.807, 2.05) is 13.8 Å². The van der Waals surface area contributed by atoms with Crippen LogP contribution in [-0.4, -0.2) is 34.4 Å². The van der Waals surface area contributed by atoms with Crippen LogP contribution >= 0.6 is 11.8 Å². The van der Waals surface area contributed by atoms with Gasteiger partial charge in [0, 0.05) is 5.69 Å². The largest absolute Gasteiger partial charge is 0.480 e. The molecule has 112 valence electrons. The summed E-state index contributed by atoms with van der Waals surface area (Å²) in [6.07, 6.45) is 2.07. The average molecular weight is 296 g/mol. The first kappa shape index (κ1) is 17.0. The Morgan fingerprint density at radius 3 is 2.65 bits per heavy atom. The zero-order chi connectivity index (χ0) is 15.2. The highest BCUT2D eigenvalue weighted by molar-refractivity contribution is 7.99. The maximum absolute atomic E-state index is 11.4. The number of aryl methyl sites for hydroxylation is 2. The van der Waals surface area contributed by atoms with Crippen LogP contribution in [-0.2, 0) is 4.79 Å². The van der Waals surface area contributed by atoms with Crippen molar-refractivity contribution in [2.24, 2.45) is 0 Å². The van der Waals surface area contributed by atoms with Gasteiger partial charge < -0.3 is 10.4 Å². The normalized spacial score (nSPS) is 14.0. The van der Waals surface area contributed by atoms with Gasteiger partial charge >= 0.3 is 5.97 Å². The van der Waals surface area contributed by atoms with E-state index in [9.17, 15) is 9.90 Å². The van der Waals surface area contributed by atoms with Crippen LogP contribution in [0.2, 0.25) is 0 Å². The fourth-order valence-corrected chi connectivity index (χ4v) is 3.25. The molecule has 0 saturated carbocycles. The Morgan fingerprint density at radius 1 is 1.45 bits per heavy atom. The Kier molecular flexibility index (Phi) is 6.49. The van der Waals surface area contributed by atoms with Crippen LogP contribution in [0, 0.1) is 13.8 Å². The summed E-state index contributed by atoms with van der Waals surface area (Å²) in [5.41, 5.74) is 1.44. The minimum Gasteiger partial charge on any atom is -0.480 e. The number of thioether (sulfide) groups is 1. The second kappa shape index (κ2) is 7.64. The fraction of sp³-hybridized carbons (Fsp3) is 0.600. The molecule has 4 nitrogen and oxygen atoms in total. The first-order chi connectivity index (χ1) is 9.43. The number of pyridine rings is 1. The predicted octanol–water partition coefficient (Wildman–Crippen LogP) is 3.02. The molecule has 1 rings (SSSR count). The first-order valence-electron chi connectivity index (χ1n) is 6.94. The van der Waals surface area contributed by atoms with Gasteiger partial charge in [0.2, 0.25) is 0 Å². The van der Waals surface area contributed by atoms with Crippen molar-refractivity contribution in [1.29, 1.82) is 0 Å². The molecule has 1 aromatic rings. The molecule has 0 bridgehead atoms. The van der Waals surface area contributed by atoms with Gasteiger partial charge in [0.25, 0.3) is 0 Å². The number of nitrogens with zero attached hydrogens (tertiary/aromatic N) is 1. The number of rotatable bonds is 8. The molecule has 0 aromatic carbocycles. The number of hydrogen-bond donors (Lipinski definition) is 2. The molecule has 0 aliphatic carbocycles. The molecule has 0 fully saturated rings. The number of aliphatic carboxylic acids is 1. The van der Waals surface area contributed by atoms with Crippen molar-refractivity contribution < 1.29 is 9.90 Å². The summed E-state index contributed by atoms with van der Waals surface area (Å²) < 4.78 is 0. The van der Waals surface area contributed by atoms with E-state index >= 15 is 0 Å². The minimum atomic E-state index is -0.795. The summed E-state index contributed by atoms with van der Waals surface area (Å²) in [6.45, 7) is 5.96. The van der Waals surface area contributed by atoms with E-state index in [1.54, 1.807) is 18.8 Å². The van der Waals surface area contributed by atoms with Crippen LogP contribution < -0.4 is 5.32 Å². The molecule has 5 heteroatoms. The summed E-state index contributed by atoms with van der Waals surface area (Å²) in [5.74, 6) is 0.115. The van der Waals surface area contributed by atoms with Gasteiger partial charge in [-0.3, -0.25) is 4.79 Å². The van der Waals surface area contributed by atoms with Crippen molar-refractivity contribution >= 4 is 17.7 Å². The lowest BCUT2D eigenvalue weighted by Crippen LogP contribution is -2.49. The lowest BCUT2D eigenvalue weighted by Gasteiger charge is -2.27. The molecule has 0 amide bonds. The highest BCUT2D eigenvalue weighted by Gasteiger charge is 2.33. The Bertz CT molecular complexity index is 439. The van der Waals surface area contributed by atoms with Gasteiger partial charge in [-0.15, -0.1) is 11.8 Å². The second-order valence-electron chi connectivity index (χ2n) is 5.07. The maximum Gasteiger partial charge on any atom is 0.323 e. The van der Waals surface area contributed by atoms with Crippen molar-refractivity contribution in [2.75, 3.05) is 12.8 Å². The molecule has 0 radical (unpaired) electrons. The van der Waals surface area contributed by atoms with Crippen LogP contribution in [0.25, 0.3) is 0 Å². The lowest BCUT2D eigenvalue weighted by molar-refractivity contribution is -0.145. The summed E-state index contributed by atoms with van der Waals surface area (Å²) in [7, 11) is 1.72. The van der Waals surface area contributed by atoms with E-state index in [0.717, 1.165) is 22.9 Å². The lowest BCUT2D eigenvalue weighted by atomic mass is 9.91. The van der Waals surface area contributed by atoms with Gasteiger partial charge in [-0.05, 0) is 63.6 Å². The Balaban J connectivity index is 2.50. The number of carboxylic acid groups (broad SMARTS) is 1. The quantitative estimate of drug-likeness (QED) is 0.570. The van der Waals surface area contributed by atoms with Crippen molar-refractivity contribution in [3.8, 4) is 0 Å². The molecule has 0 spiro atoms. The van der Waals surface area contributed by atoms with E-state index in [-0.39, 0.29) is 0 Å². The third-order valence-electron chi connectivity index (χ3n) is 3.56. The number of likely N-dealkylation sites (N-methyl/N-ethyl adjacent to an activating group) is 1. The number of nitrogens with one attached hydrogen (secondary N) is 1. The highest BCUT2D eigenvalue weighted by atomic mass is 32.2. The van der Waals surface area contributed by atoms with E-state index in [1.165, 1.54) is 5.56 Å². The fourth-order valence-electron chi connectivity index (χ4n) is 2.27. The SMILES string of the molecule is CCC(CCCSc1cc(C)cc(C)n1)(NC)C(=O)O. The average Bonchev–Trinajstić information content (AvgIpc) is 2.38. The topological polar surface area (TPSA) is 62.2 Å². The zero-order valence-corrected chi connectivity index (χ0v) is 13.5. The third kappa shape index (κ3) is 4.49. The molecule has 1 aromatic heterocycles. The van der Waals surface area contributed by atoms with E-state index in [0.29, 0.717) is 12.8 Å². The Morgan fingerprint density at radius 2 is 2.15 bits per heavy atom. The van der Waals surface area contributed by atoms with Crippen molar-refractivity contribution in [2.45, 2.75) is 50.6 Å². The number of carbonyl (C=O) groups is 1. The van der Waals surface area contributed by atoms with Crippen LogP contribution in [0.4, 0.5) is 0 Å². The molecule has 1 heterocycles. The molecular formula is C15H24N2O2S. The van der Waals surface area contributed by atoms with Gasteiger partial charge in [0.15, 0.2) is 0 Å². The van der Waals surface area contributed by atoms with Crippen molar-refractivity contribution in [3.63, 3.8) is 0 Å². The third-order valence-corrected chi connectivity index (χ3v) is 4.56. The second-order valence-corrected chi connectivity index (χ2v) is 6.18. The smallest absolute Gasteiger partial charge is 0.323 e. The monoisotopic (exact) mass is 296 g/mol.